The first-order chi connectivity index (χ1) is 10.7. The molecule has 0 radical (unpaired) electrons. The molecule has 1 rings (SSSR count). The molecule has 0 aliphatic heterocycles. The van der Waals surface area contributed by atoms with E-state index < -0.39 is 30.0 Å². The van der Waals surface area contributed by atoms with E-state index >= 15 is 0 Å². The van der Waals surface area contributed by atoms with E-state index in [9.17, 15) is 19.7 Å². The molecule has 0 fully saturated rings. The summed E-state index contributed by atoms with van der Waals surface area (Å²) in [5.74, 6) is -1.24. The zero-order valence-electron chi connectivity index (χ0n) is 13.3. The highest BCUT2D eigenvalue weighted by atomic mass is 16.6. The van der Waals surface area contributed by atoms with Gasteiger partial charge in [-0.3, -0.25) is 14.9 Å². The molecule has 0 atom stereocenters. The SMILES string of the molecule is CCC(C)(C)NC(=O)COC(=O)COc1ccccc1[N+](=O)[O-]. The second-order valence-electron chi connectivity index (χ2n) is 5.46. The Morgan fingerprint density at radius 1 is 1.26 bits per heavy atom. The normalized spacial score (nSPS) is 10.7. The Morgan fingerprint density at radius 2 is 1.91 bits per heavy atom. The van der Waals surface area contributed by atoms with E-state index in [-0.39, 0.29) is 17.0 Å². The van der Waals surface area contributed by atoms with Crippen molar-refractivity contribution in [1.82, 2.24) is 5.32 Å². The third-order valence-electron chi connectivity index (χ3n) is 3.13. The van der Waals surface area contributed by atoms with Crippen molar-refractivity contribution in [2.75, 3.05) is 13.2 Å². The topological polar surface area (TPSA) is 108 Å². The molecule has 1 N–H and O–H groups in total. The lowest BCUT2D eigenvalue weighted by molar-refractivity contribution is -0.385. The molecule has 1 amide bonds. The quantitative estimate of drug-likeness (QED) is 0.444. The summed E-state index contributed by atoms with van der Waals surface area (Å²) in [5, 5.41) is 13.5. The number of hydrogen-bond donors (Lipinski definition) is 1. The number of nitro benzene ring substituents is 1. The molecule has 0 aliphatic carbocycles. The fraction of sp³-hybridized carbons (Fsp3) is 0.467. The predicted octanol–water partition coefficient (Wildman–Crippen LogP) is 1.82. The maximum Gasteiger partial charge on any atom is 0.344 e. The Bertz CT molecular complexity index is 585. The van der Waals surface area contributed by atoms with Crippen molar-refractivity contribution in [2.45, 2.75) is 32.7 Å². The van der Waals surface area contributed by atoms with Crippen LogP contribution < -0.4 is 10.1 Å². The van der Waals surface area contributed by atoms with Crippen molar-refractivity contribution in [3.05, 3.63) is 34.4 Å². The average molecular weight is 324 g/mol. The van der Waals surface area contributed by atoms with Crippen molar-refractivity contribution >= 4 is 17.6 Å². The number of para-hydroxylation sites is 2. The molecule has 0 saturated heterocycles. The van der Waals surface area contributed by atoms with Gasteiger partial charge in [0.2, 0.25) is 0 Å². The zero-order valence-corrected chi connectivity index (χ0v) is 13.3. The first-order valence-electron chi connectivity index (χ1n) is 7.08. The van der Waals surface area contributed by atoms with Gasteiger partial charge in [-0.05, 0) is 26.3 Å². The van der Waals surface area contributed by atoms with Gasteiger partial charge in [0.15, 0.2) is 19.0 Å². The highest BCUT2D eigenvalue weighted by Gasteiger charge is 2.19. The second-order valence-corrected chi connectivity index (χ2v) is 5.46. The molecule has 0 spiro atoms. The van der Waals surface area contributed by atoms with Crippen molar-refractivity contribution < 1.29 is 24.0 Å². The minimum absolute atomic E-state index is 0.0361. The monoisotopic (exact) mass is 324 g/mol. The maximum absolute atomic E-state index is 11.6. The average Bonchev–Trinajstić information content (AvgIpc) is 2.50. The molecule has 8 nitrogen and oxygen atoms in total. The molecular formula is C15H20N2O6. The summed E-state index contributed by atoms with van der Waals surface area (Å²) in [7, 11) is 0. The van der Waals surface area contributed by atoms with Gasteiger partial charge in [-0.1, -0.05) is 19.1 Å². The molecule has 23 heavy (non-hydrogen) atoms. The first-order valence-corrected chi connectivity index (χ1v) is 7.08. The summed E-state index contributed by atoms with van der Waals surface area (Å²) in [6.07, 6.45) is 0.730. The van der Waals surface area contributed by atoms with E-state index in [1.807, 2.05) is 20.8 Å². The summed E-state index contributed by atoms with van der Waals surface area (Å²) in [6.45, 7) is 4.68. The van der Waals surface area contributed by atoms with Crippen molar-refractivity contribution in [2.24, 2.45) is 0 Å². The maximum atomic E-state index is 11.6. The van der Waals surface area contributed by atoms with E-state index in [4.69, 9.17) is 9.47 Å². The lowest BCUT2D eigenvalue weighted by atomic mass is 10.0. The van der Waals surface area contributed by atoms with E-state index in [2.05, 4.69) is 5.32 Å². The minimum Gasteiger partial charge on any atom is -0.475 e. The smallest absolute Gasteiger partial charge is 0.344 e. The van der Waals surface area contributed by atoms with Gasteiger partial charge in [-0.2, -0.15) is 0 Å². The minimum atomic E-state index is -0.785. The Morgan fingerprint density at radius 3 is 2.52 bits per heavy atom. The van der Waals surface area contributed by atoms with Crippen LogP contribution in [0.3, 0.4) is 0 Å². The number of carbonyl (C=O) groups excluding carboxylic acids is 2. The van der Waals surface area contributed by atoms with Crippen LogP contribution in [0, 0.1) is 10.1 Å². The van der Waals surface area contributed by atoms with Gasteiger partial charge in [-0.25, -0.2) is 4.79 Å². The number of nitrogens with zero attached hydrogens (tertiary/aromatic N) is 1. The van der Waals surface area contributed by atoms with E-state index in [0.717, 1.165) is 6.42 Å². The van der Waals surface area contributed by atoms with E-state index in [1.54, 1.807) is 6.07 Å². The van der Waals surface area contributed by atoms with Crippen LogP contribution in [0.5, 0.6) is 5.75 Å². The largest absolute Gasteiger partial charge is 0.475 e. The van der Waals surface area contributed by atoms with Crippen molar-refractivity contribution in [3.63, 3.8) is 0 Å². The van der Waals surface area contributed by atoms with Gasteiger partial charge in [0, 0.05) is 11.6 Å². The summed E-state index contributed by atoms with van der Waals surface area (Å²) >= 11 is 0. The summed E-state index contributed by atoms with van der Waals surface area (Å²) in [4.78, 5) is 33.4. The van der Waals surface area contributed by atoms with Crippen molar-refractivity contribution in [1.29, 1.82) is 0 Å². The van der Waals surface area contributed by atoms with Gasteiger partial charge in [0.05, 0.1) is 4.92 Å². The van der Waals surface area contributed by atoms with Gasteiger partial charge in [-0.15, -0.1) is 0 Å². The number of hydrogen-bond acceptors (Lipinski definition) is 6. The summed E-state index contributed by atoms with van der Waals surface area (Å²) in [6, 6.07) is 5.68. The van der Waals surface area contributed by atoms with Crippen LogP contribution in [-0.4, -0.2) is 35.6 Å². The Kier molecular flexibility index (Phi) is 6.49. The van der Waals surface area contributed by atoms with Crippen LogP contribution in [0.25, 0.3) is 0 Å². The predicted molar refractivity (Wildman–Crippen MR) is 82.1 cm³/mol. The number of rotatable bonds is 8. The molecule has 1 aromatic carbocycles. The Balaban J connectivity index is 2.44. The van der Waals surface area contributed by atoms with E-state index in [0.29, 0.717) is 0 Å². The van der Waals surface area contributed by atoms with Crippen LogP contribution in [0.15, 0.2) is 24.3 Å². The zero-order chi connectivity index (χ0) is 17.5. The summed E-state index contributed by atoms with van der Waals surface area (Å²) in [5.41, 5.74) is -0.632. The second kappa shape index (κ2) is 8.11. The molecule has 1 aromatic rings. The third kappa shape index (κ3) is 6.33. The Labute approximate surface area is 133 Å². The number of nitrogens with one attached hydrogen (secondary N) is 1. The van der Waals surface area contributed by atoms with Crippen molar-refractivity contribution in [3.8, 4) is 5.75 Å². The van der Waals surface area contributed by atoms with Crippen LogP contribution in [0.4, 0.5) is 5.69 Å². The molecule has 8 heteroatoms. The number of benzene rings is 1. The number of esters is 1. The number of ether oxygens (including phenoxy) is 2. The first kappa shape index (κ1) is 18.4. The highest BCUT2D eigenvalue weighted by Crippen LogP contribution is 2.25. The van der Waals surface area contributed by atoms with Crippen LogP contribution >= 0.6 is 0 Å². The number of nitro groups is 1. The molecule has 126 valence electrons. The van der Waals surface area contributed by atoms with Gasteiger partial charge in [0.1, 0.15) is 0 Å². The molecule has 0 aromatic heterocycles. The fourth-order valence-corrected chi connectivity index (χ4v) is 1.56. The van der Waals surface area contributed by atoms with Gasteiger partial charge < -0.3 is 14.8 Å². The molecule has 0 bridgehead atoms. The fourth-order valence-electron chi connectivity index (χ4n) is 1.56. The Hall–Kier alpha value is -2.64. The molecule has 0 aliphatic rings. The van der Waals surface area contributed by atoms with Gasteiger partial charge in [0.25, 0.3) is 5.91 Å². The van der Waals surface area contributed by atoms with Crippen LogP contribution in [0.1, 0.15) is 27.2 Å². The lowest BCUT2D eigenvalue weighted by Gasteiger charge is -2.24. The highest BCUT2D eigenvalue weighted by molar-refractivity contribution is 5.81. The number of carbonyl (C=O) groups is 2. The molecule has 0 saturated carbocycles. The van der Waals surface area contributed by atoms with Crippen LogP contribution in [0.2, 0.25) is 0 Å². The van der Waals surface area contributed by atoms with E-state index in [1.165, 1.54) is 18.2 Å². The number of amides is 1. The lowest BCUT2D eigenvalue weighted by Crippen LogP contribution is -2.44. The molecule has 0 heterocycles. The van der Waals surface area contributed by atoms with Gasteiger partial charge >= 0.3 is 11.7 Å². The van der Waals surface area contributed by atoms with Crippen LogP contribution in [-0.2, 0) is 14.3 Å². The molecular weight excluding hydrogens is 304 g/mol. The molecule has 0 unspecified atom stereocenters. The summed E-state index contributed by atoms with van der Waals surface area (Å²) < 4.78 is 9.84. The standard InChI is InChI=1S/C15H20N2O6/c1-4-15(2,3)16-13(18)9-23-14(19)10-22-12-8-6-5-7-11(12)17(20)21/h5-8H,4,9-10H2,1-3H3,(H,16,18). The third-order valence-corrected chi connectivity index (χ3v) is 3.13.